The van der Waals surface area contributed by atoms with Crippen LogP contribution in [0, 0.1) is 12.8 Å². The summed E-state index contributed by atoms with van der Waals surface area (Å²) in [6.45, 7) is 3.16. The molecule has 2 nitrogen and oxygen atoms in total. The van der Waals surface area contributed by atoms with Crippen molar-refractivity contribution in [3.8, 4) is 0 Å². The number of ketones is 1. The van der Waals surface area contributed by atoms with Gasteiger partial charge in [-0.15, -0.1) is 0 Å². The Bertz CT molecular complexity index is 381. The minimum atomic E-state index is 0.0174. The number of halogens is 1. The molecule has 0 radical (unpaired) electrons. The molecule has 1 aromatic rings. The predicted molar refractivity (Wildman–Crippen MR) is 59.4 cm³/mol. The molecule has 0 N–H and O–H groups in total. The molecule has 0 bridgehead atoms. The third-order valence-corrected chi connectivity index (χ3v) is 3.16. The van der Waals surface area contributed by atoms with Crippen LogP contribution in [0.3, 0.4) is 0 Å². The lowest BCUT2D eigenvalue weighted by Gasteiger charge is -2.07. The monoisotopic (exact) mass is 224 g/mol. The molecule has 0 amide bonds. The number of ether oxygens (including phenoxy) is 1. The highest BCUT2D eigenvalue weighted by Crippen LogP contribution is 2.22. The van der Waals surface area contributed by atoms with E-state index < -0.39 is 0 Å². The van der Waals surface area contributed by atoms with E-state index in [4.69, 9.17) is 16.3 Å². The third kappa shape index (κ3) is 2.21. The molecule has 1 aromatic carbocycles. The minimum Gasteiger partial charge on any atom is -0.381 e. The maximum atomic E-state index is 12.0. The maximum Gasteiger partial charge on any atom is 0.168 e. The van der Waals surface area contributed by atoms with Crippen molar-refractivity contribution >= 4 is 17.4 Å². The maximum absolute atomic E-state index is 12.0. The summed E-state index contributed by atoms with van der Waals surface area (Å²) in [4.78, 5) is 12.0. The molecule has 80 valence electrons. The van der Waals surface area contributed by atoms with Gasteiger partial charge in [0.25, 0.3) is 0 Å². The summed E-state index contributed by atoms with van der Waals surface area (Å²) in [7, 11) is 0. The van der Waals surface area contributed by atoms with E-state index in [1.165, 1.54) is 0 Å². The molecule has 1 unspecified atom stereocenters. The Morgan fingerprint density at radius 3 is 2.93 bits per heavy atom. The van der Waals surface area contributed by atoms with Crippen molar-refractivity contribution in [3.63, 3.8) is 0 Å². The van der Waals surface area contributed by atoms with Crippen molar-refractivity contribution in [2.45, 2.75) is 13.3 Å². The highest BCUT2D eigenvalue weighted by Gasteiger charge is 2.24. The number of hydrogen-bond acceptors (Lipinski definition) is 2. The van der Waals surface area contributed by atoms with Gasteiger partial charge in [-0.25, -0.2) is 0 Å². The quantitative estimate of drug-likeness (QED) is 0.723. The van der Waals surface area contributed by atoms with Gasteiger partial charge in [0.05, 0.1) is 6.61 Å². The second-order valence-electron chi connectivity index (χ2n) is 3.89. The molecule has 2 rings (SSSR count). The van der Waals surface area contributed by atoms with Crippen LogP contribution in [0.15, 0.2) is 18.2 Å². The molecule has 1 aliphatic heterocycles. The summed E-state index contributed by atoms with van der Waals surface area (Å²) in [5.41, 5.74) is 1.69. The fraction of sp³-hybridized carbons (Fsp3) is 0.417. The van der Waals surface area contributed by atoms with Gasteiger partial charge < -0.3 is 4.74 Å². The lowest BCUT2D eigenvalue weighted by atomic mass is 9.96. The number of benzene rings is 1. The van der Waals surface area contributed by atoms with Crippen molar-refractivity contribution < 1.29 is 9.53 Å². The van der Waals surface area contributed by atoms with Crippen molar-refractivity contribution in [2.24, 2.45) is 5.92 Å². The van der Waals surface area contributed by atoms with Gasteiger partial charge in [0.1, 0.15) is 0 Å². The molecule has 15 heavy (non-hydrogen) atoms. The topological polar surface area (TPSA) is 26.3 Å². The van der Waals surface area contributed by atoms with Crippen LogP contribution in [0.2, 0.25) is 5.02 Å². The van der Waals surface area contributed by atoms with Crippen LogP contribution in [0.25, 0.3) is 0 Å². The lowest BCUT2D eigenvalue weighted by molar-refractivity contribution is 0.0900. The average Bonchev–Trinajstić information content (AvgIpc) is 2.74. The van der Waals surface area contributed by atoms with Gasteiger partial charge in [0.15, 0.2) is 5.78 Å². The van der Waals surface area contributed by atoms with Crippen LogP contribution in [0.4, 0.5) is 0 Å². The molecule has 1 heterocycles. The summed E-state index contributed by atoms with van der Waals surface area (Å²) in [6.07, 6.45) is 0.824. The first kappa shape index (κ1) is 10.7. The van der Waals surface area contributed by atoms with Crippen molar-refractivity contribution in [1.29, 1.82) is 0 Å². The van der Waals surface area contributed by atoms with Gasteiger partial charge >= 0.3 is 0 Å². The molecular formula is C12H13ClO2. The van der Waals surface area contributed by atoms with E-state index in [-0.39, 0.29) is 11.7 Å². The first-order valence-electron chi connectivity index (χ1n) is 5.06. The fourth-order valence-electron chi connectivity index (χ4n) is 1.72. The molecule has 3 heteroatoms. The molecule has 0 saturated carbocycles. The van der Waals surface area contributed by atoms with Gasteiger partial charge in [0.2, 0.25) is 0 Å². The van der Waals surface area contributed by atoms with Crippen molar-refractivity contribution in [3.05, 3.63) is 34.3 Å². The number of carbonyl (C=O) groups excluding carboxylic acids is 1. The SMILES string of the molecule is Cc1ccc(C(=O)C2CCOC2)cc1Cl. The molecular weight excluding hydrogens is 212 g/mol. The van der Waals surface area contributed by atoms with Crippen molar-refractivity contribution in [2.75, 3.05) is 13.2 Å². The summed E-state index contributed by atoms with van der Waals surface area (Å²) in [5, 5.41) is 0.653. The Morgan fingerprint density at radius 1 is 1.53 bits per heavy atom. The lowest BCUT2D eigenvalue weighted by Crippen LogP contribution is -2.14. The molecule has 1 fully saturated rings. The van der Waals surface area contributed by atoms with Crippen LogP contribution in [0.5, 0.6) is 0 Å². The Labute approximate surface area is 94.2 Å². The molecule has 0 aliphatic carbocycles. The summed E-state index contributed by atoms with van der Waals surface area (Å²) in [6, 6.07) is 5.46. The zero-order chi connectivity index (χ0) is 10.8. The van der Waals surface area contributed by atoms with Crippen LogP contribution in [-0.2, 0) is 4.74 Å². The molecule has 1 aliphatic rings. The third-order valence-electron chi connectivity index (χ3n) is 2.76. The average molecular weight is 225 g/mol. The van der Waals surface area contributed by atoms with E-state index in [9.17, 15) is 4.79 Å². The number of carbonyl (C=O) groups is 1. The Balaban J connectivity index is 2.21. The molecule has 0 spiro atoms. The zero-order valence-electron chi connectivity index (χ0n) is 8.63. The minimum absolute atomic E-state index is 0.0174. The molecule has 0 aromatic heterocycles. The largest absolute Gasteiger partial charge is 0.381 e. The first-order valence-corrected chi connectivity index (χ1v) is 5.44. The van der Waals surface area contributed by atoms with Gasteiger partial charge in [-0.3, -0.25) is 4.79 Å². The number of aryl methyl sites for hydroxylation is 1. The summed E-state index contributed by atoms with van der Waals surface area (Å²) in [5.74, 6) is 0.165. The number of rotatable bonds is 2. The van der Waals surface area contributed by atoms with E-state index in [0.29, 0.717) is 23.8 Å². The van der Waals surface area contributed by atoms with Gasteiger partial charge in [-0.1, -0.05) is 23.7 Å². The first-order chi connectivity index (χ1) is 7.18. The summed E-state index contributed by atoms with van der Waals surface area (Å²) < 4.78 is 5.20. The van der Waals surface area contributed by atoms with Gasteiger partial charge in [-0.2, -0.15) is 0 Å². The second kappa shape index (κ2) is 4.33. The second-order valence-corrected chi connectivity index (χ2v) is 4.30. The van der Waals surface area contributed by atoms with Crippen LogP contribution < -0.4 is 0 Å². The Morgan fingerprint density at radius 2 is 2.33 bits per heavy atom. The number of hydrogen-bond donors (Lipinski definition) is 0. The highest BCUT2D eigenvalue weighted by molar-refractivity contribution is 6.31. The van der Waals surface area contributed by atoms with E-state index in [1.807, 2.05) is 19.1 Å². The van der Waals surface area contributed by atoms with Crippen LogP contribution >= 0.6 is 11.6 Å². The Kier molecular flexibility index (Phi) is 3.08. The van der Waals surface area contributed by atoms with Crippen LogP contribution in [-0.4, -0.2) is 19.0 Å². The number of Topliss-reactive ketones (excluding diaryl/α,β-unsaturated/α-hetero) is 1. The summed E-state index contributed by atoms with van der Waals surface area (Å²) >= 11 is 5.98. The normalized spacial score (nSPS) is 20.5. The van der Waals surface area contributed by atoms with E-state index in [1.54, 1.807) is 6.07 Å². The molecule has 1 saturated heterocycles. The van der Waals surface area contributed by atoms with Gasteiger partial charge in [-0.05, 0) is 25.0 Å². The predicted octanol–water partition coefficient (Wildman–Crippen LogP) is 2.87. The standard InChI is InChI=1S/C12H13ClO2/c1-8-2-3-9(6-11(8)13)12(14)10-4-5-15-7-10/h2-3,6,10H,4-5,7H2,1H3. The highest BCUT2D eigenvalue weighted by atomic mass is 35.5. The fourth-order valence-corrected chi connectivity index (χ4v) is 1.90. The molecule has 1 atom stereocenters. The Hall–Kier alpha value is -0.860. The van der Waals surface area contributed by atoms with E-state index in [2.05, 4.69) is 0 Å². The van der Waals surface area contributed by atoms with Crippen molar-refractivity contribution in [1.82, 2.24) is 0 Å². The van der Waals surface area contributed by atoms with E-state index in [0.717, 1.165) is 12.0 Å². The van der Waals surface area contributed by atoms with E-state index >= 15 is 0 Å². The van der Waals surface area contributed by atoms with Gasteiger partial charge in [0, 0.05) is 23.1 Å². The smallest absolute Gasteiger partial charge is 0.168 e. The zero-order valence-corrected chi connectivity index (χ0v) is 9.38. The van der Waals surface area contributed by atoms with Crippen LogP contribution in [0.1, 0.15) is 22.3 Å².